The minimum absolute atomic E-state index is 0.261. The SMILES string of the molecule is CCCN1C[C@@H](CC(=O)C[C@@H](C)c2ccccc2)C[C@@H]2CC(=O)C(=CN(C)C)C[C@H]21. The van der Waals surface area contributed by atoms with Crippen molar-refractivity contribution in [3.8, 4) is 0 Å². The van der Waals surface area contributed by atoms with Gasteiger partial charge in [0.25, 0.3) is 0 Å². The Morgan fingerprint density at radius 2 is 1.97 bits per heavy atom. The smallest absolute Gasteiger partial charge is 0.160 e. The van der Waals surface area contributed by atoms with Crippen LogP contribution in [-0.4, -0.2) is 54.6 Å². The van der Waals surface area contributed by atoms with Gasteiger partial charge in [-0.15, -0.1) is 0 Å². The summed E-state index contributed by atoms with van der Waals surface area (Å²) in [7, 11) is 3.96. The maximum atomic E-state index is 12.9. The maximum absolute atomic E-state index is 12.9. The summed E-state index contributed by atoms with van der Waals surface area (Å²) in [6.45, 7) is 6.40. The zero-order chi connectivity index (χ0) is 21.7. The summed E-state index contributed by atoms with van der Waals surface area (Å²) in [6.07, 6.45) is 6.87. The minimum atomic E-state index is 0.261. The number of benzene rings is 1. The fraction of sp³-hybridized carbons (Fsp3) is 0.615. The highest BCUT2D eigenvalue weighted by atomic mass is 16.1. The van der Waals surface area contributed by atoms with Gasteiger partial charge in [-0.05, 0) is 49.1 Å². The topological polar surface area (TPSA) is 40.6 Å². The van der Waals surface area contributed by atoms with Crippen molar-refractivity contribution in [3.63, 3.8) is 0 Å². The van der Waals surface area contributed by atoms with Crippen LogP contribution in [0, 0.1) is 11.8 Å². The lowest BCUT2D eigenvalue weighted by Crippen LogP contribution is -2.52. The molecule has 1 aliphatic heterocycles. The van der Waals surface area contributed by atoms with Crippen LogP contribution in [0.4, 0.5) is 0 Å². The number of carbonyl (C=O) groups excluding carboxylic acids is 2. The van der Waals surface area contributed by atoms with Crippen LogP contribution in [0.1, 0.15) is 63.9 Å². The third-order valence-electron chi connectivity index (χ3n) is 6.72. The number of piperidine rings is 1. The molecule has 164 valence electrons. The largest absolute Gasteiger partial charge is 0.383 e. The van der Waals surface area contributed by atoms with Crippen molar-refractivity contribution in [2.75, 3.05) is 27.2 Å². The number of ketones is 2. The van der Waals surface area contributed by atoms with Crippen LogP contribution in [-0.2, 0) is 9.59 Å². The highest BCUT2D eigenvalue weighted by Crippen LogP contribution is 2.39. The van der Waals surface area contributed by atoms with Gasteiger partial charge in [0, 0.05) is 57.7 Å². The van der Waals surface area contributed by atoms with Crippen LogP contribution in [0.15, 0.2) is 42.1 Å². The van der Waals surface area contributed by atoms with Gasteiger partial charge in [0.2, 0.25) is 0 Å². The lowest BCUT2D eigenvalue weighted by Gasteiger charge is -2.47. The second-order valence-corrected chi connectivity index (χ2v) is 9.63. The molecular formula is C26H38N2O2. The van der Waals surface area contributed by atoms with Gasteiger partial charge in [-0.1, -0.05) is 44.2 Å². The van der Waals surface area contributed by atoms with Crippen LogP contribution in [0.5, 0.6) is 0 Å². The average Bonchev–Trinajstić information content (AvgIpc) is 2.69. The number of likely N-dealkylation sites (tertiary alicyclic amines) is 1. The number of nitrogens with zero attached hydrogens (tertiary/aromatic N) is 2. The Labute approximate surface area is 182 Å². The highest BCUT2D eigenvalue weighted by Gasteiger charge is 2.41. The number of Topliss-reactive ketones (excluding diaryl/α,β-unsaturated/α-hetero) is 2. The third kappa shape index (κ3) is 5.81. The van der Waals surface area contributed by atoms with E-state index < -0.39 is 0 Å². The van der Waals surface area contributed by atoms with Gasteiger partial charge in [0.1, 0.15) is 5.78 Å². The van der Waals surface area contributed by atoms with Gasteiger partial charge in [-0.25, -0.2) is 0 Å². The molecule has 4 nitrogen and oxygen atoms in total. The first-order valence-electron chi connectivity index (χ1n) is 11.6. The fourth-order valence-corrected chi connectivity index (χ4v) is 5.42. The summed E-state index contributed by atoms with van der Waals surface area (Å²) in [6, 6.07) is 10.8. The maximum Gasteiger partial charge on any atom is 0.160 e. The molecule has 4 atom stereocenters. The van der Waals surface area contributed by atoms with E-state index in [1.54, 1.807) is 0 Å². The number of rotatable bonds is 8. The van der Waals surface area contributed by atoms with Gasteiger partial charge in [-0.2, -0.15) is 0 Å². The third-order valence-corrected chi connectivity index (χ3v) is 6.72. The number of hydrogen-bond donors (Lipinski definition) is 0. The molecule has 1 heterocycles. The van der Waals surface area contributed by atoms with Crippen molar-refractivity contribution in [2.45, 2.75) is 64.3 Å². The summed E-state index contributed by atoms with van der Waals surface area (Å²) in [5.41, 5.74) is 2.20. The van der Waals surface area contributed by atoms with E-state index in [9.17, 15) is 9.59 Å². The van der Waals surface area contributed by atoms with E-state index in [1.807, 2.05) is 43.4 Å². The first kappa shape index (κ1) is 22.7. The molecule has 0 N–H and O–H groups in total. The highest BCUT2D eigenvalue weighted by molar-refractivity contribution is 5.96. The second kappa shape index (κ2) is 10.4. The monoisotopic (exact) mass is 410 g/mol. The molecule has 4 heteroatoms. The molecule has 1 aromatic carbocycles. The quantitative estimate of drug-likeness (QED) is 0.584. The van der Waals surface area contributed by atoms with Gasteiger partial charge in [0.15, 0.2) is 5.78 Å². The summed E-state index contributed by atoms with van der Waals surface area (Å²) in [5, 5.41) is 0. The van der Waals surface area contributed by atoms with E-state index in [0.29, 0.717) is 48.7 Å². The van der Waals surface area contributed by atoms with Crippen LogP contribution in [0.25, 0.3) is 0 Å². The summed E-state index contributed by atoms with van der Waals surface area (Å²) in [4.78, 5) is 30.1. The molecule has 1 saturated carbocycles. The predicted molar refractivity (Wildman–Crippen MR) is 122 cm³/mol. The fourth-order valence-electron chi connectivity index (χ4n) is 5.42. The first-order chi connectivity index (χ1) is 14.4. The Morgan fingerprint density at radius 1 is 1.23 bits per heavy atom. The lowest BCUT2D eigenvalue weighted by molar-refractivity contribution is -0.122. The van der Waals surface area contributed by atoms with E-state index in [-0.39, 0.29) is 5.92 Å². The van der Waals surface area contributed by atoms with E-state index in [2.05, 4.69) is 30.9 Å². The molecule has 0 aromatic heterocycles. The molecule has 2 fully saturated rings. The number of carbonyl (C=O) groups is 2. The minimum Gasteiger partial charge on any atom is -0.383 e. The Bertz CT molecular complexity index is 756. The molecular weight excluding hydrogens is 372 g/mol. The van der Waals surface area contributed by atoms with Crippen LogP contribution >= 0.6 is 0 Å². The van der Waals surface area contributed by atoms with Crippen molar-refractivity contribution in [2.24, 2.45) is 11.8 Å². The molecule has 0 unspecified atom stereocenters. The second-order valence-electron chi connectivity index (χ2n) is 9.63. The Kier molecular flexibility index (Phi) is 7.87. The molecule has 1 saturated heterocycles. The van der Waals surface area contributed by atoms with Crippen molar-refractivity contribution in [3.05, 3.63) is 47.7 Å². The molecule has 0 radical (unpaired) electrons. The standard InChI is InChI=1S/C26H38N2O2/c1-5-11-28-17-20(14-24(29)12-19(2)21-9-7-6-8-10-21)13-22-16-26(30)23(15-25(22)28)18-27(3)4/h6-10,18-20,22,25H,5,11-17H2,1-4H3/t19-,20-,22-,25-/m1/s1. The van der Waals surface area contributed by atoms with Crippen molar-refractivity contribution in [1.29, 1.82) is 0 Å². The van der Waals surface area contributed by atoms with Gasteiger partial charge < -0.3 is 4.90 Å². The molecule has 0 amide bonds. The molecule has 0 spiro atoms. The summed E-state index contributed by atoms with van der Waals surface area (Å²) < 4.78 is 0. The van der Waals surface area contributed by atoms with Crippen LogP contribution < -0.4 is 0 Å². The lowest BCUT2D eigenvalue weighted by atomic mass is 9.71. The normalized spacial score (nSPS) is 27.0. The Balaban J connectivity index is 1.63. The zero-order valence-electron chi connectivity index (χ0n) is 19.1. The number of hydrogen-bond acceptors (Lipinski definition) is 4. The van der Waals surface area contributed by atoms with Crippen molar-refractivity contribution in [1.82, 2.24) is 9.80 Å². The Hall–Kier alpha value is -1.94. The predicted octanol–water partition coefficient (Wildman–Crippen LogP) is 4.66. The van der Waals surface area contributed by atoms with E-state index in [0.717, 1.165) is 37.9 Å². The van der Waals surface area contributed by atoms with Gasteiger partial charge in [0.05, 0.1) is 0 Å². The summed E-state index contributed by atoms with van der Waals surface area (Å²) >= 11 is 0. The van der Waals surface area contributed by atoms with Crippen molar-refractivity contribution >= 4 is 11.6 Å². The van der Waals surface area contributed by atoms with Gasteiger partial charge >= 0.3 is 0 Å². The average molecular weight is 411 g/mol. The van der Waals surface area contributed by atoms with Crippen LogP contribution in [0.3, 0.4) is 0 Å². The zero-order valence-corrected chi connectivity index (χ0v) is 19.1. The summed E-state index contributed by atoms with van der Waals surface area (Å²) in [5.74, 6) is 1.69. The van der Waals surface area contributed by atoms with Crippen LogP contribution in [0.2, 0.25) is 0 Å². The number of fused-ring (bicyclic) bond motifs is 1. The molecule has 0 bridgehead atoms. The molecule has 1 aliphatic carbocycles. The molecule has 3 rings (SSSR count). The van der Waals surface area contributed by atoms with Gasteiger partial charge in [-0.3, -0.25) is 14.5 Å². The Morgan fingerprint density at radius 3 is 2.63 bits per heavy atom. The molecule has 2 aliphatic rings. The first-order valence-corrected chi connectivity index (χ1v) is 11.6. The van der Waals surface area contributed by atoms with E-state index in [1.165, 1.54) is 5.56 Å². The van der Waals surface area contributed by atoms with E-state index in [4.69, 9.17) is 0 Å². The molecule has 30 heavy (non-hydrogen) atoms. The van der Waals surface area contributed by atoms with Crippen molar-refractivity contribution < 1.29 is 9.59 Å². The molecule has 1 aromatic rings. The van der Waals surface area contributed by atoms with E-state index >= 15 is 0 Å².